The average molecular weight is 228 g/mol. The maximum Gasteiger partial charge on any atom is 0.164 e. The highest BCUT2D eigenvalue weighted by Crippen LogP contribution is 2.37. The standard InChI is InChI=1S/C11H16O5/c1-11(2)15-9-7(14-3)4-6(5-12)8(13)10(9)16-11/h4-5,7-10,13H,1-3H3/t7-,8-,9+,10-/m0/s1. The smallest absolute Gasteiger partial charge is 0.164 e. The van der Waals surface area contributed by atoms with E-state index in [9.17, 15) is 9.90 Å². The summed E-state index contributed by atoms with van der Waals surface area (Å²) in [5, 5.41) is 9.92. The Kier molecular flexibility index (Phi) is 2.88. The molecule has 5 nitrogen and oxygen atoms in total. The minimum atomic E-state index is -0.948. The maximum atomic E-state index is 10.8. The number of aliphatic hydroxyl groups is 1. The van der Waals surface area contributed by atoms with Crippen molar-refractivity contribution in [3.8, 4) is 0 Å². The van der Waals surface area contributed by atoms with Gasteiger partial charge in [-0.05, 0) is 19.9 Å². The van der Waals surface area contributed by atoms with Crippen LogP contribution >= 0.6 is 0 Å². The molecule has 0 amide bonds. The second-order valence-electron chi connectivity index (χ2n) is 4.49. The number of hydrogen-bond donors (Lipinski definition) is 1. The fourth-order valence-corrected chi connectivity index (χ4v) is 2.20. The van der Waals surface area contributed by atoms with Crippen molar-refractivity contribution in [1.82, 2.24) is 0 Å². The van der Waals surface area contributed by atoms with Crippen LogP contribution < -0.4 is 0 Å². The molecule has 0 bridgehead atoms. The van der Waals surface area contributed by atoms with Crippen LogP contribution in [0.15, 0.2) is 11.6 Å². The molecule has 0 spiro atoms. The van der Waals surface area contributed by atoms with Crippen molar-refractivity contribution in [1.29, 1.82) is 0 Å². The van der Waals surface area contributed by atoms with Crippen LogP contribution in [-0.4, -0.2) is 48.7 Å². The third-order valence-corrected chi connectivity index (χ3v) is 2.91. The number of fused-ring (bicyclic) bond motifs is 1. The molecule has 0 aromatic carbocycles. The van der Waals surface area contributed by atoms with Gasteiger partial charge in [-0.3, -0.25) is 4.79 Å². The lowest BCUT2D eigenvalue weighted by molar-refractivity contribution is -0.157. The molecule has 0 aromatic heterocycles. The van der Waals surface area contributed by atoms with Crippen molar-refractivity contribution in [2.24, 2.45) is 0 Å². The molecule has 2 aliphatic rings. The van der Waals surface area contributed by atoms with Gasteiger partial charge >= 0.3 is 0 Å². The Morgan fingerprint density at radius 1 is 1.44 bits per heavy atom. The molecule has 0 radical (unpaired) electrons. The molecule has 90 valence electrons. The predicted molar refractivity (Wildman–Crippen MR) is 54.8 cm³/mol. The number of aldehydes is 1. The van der Waals surface area contributed by atoms with Crippen molar-refractivity contribution in [2.75, 3.05) is 7.11 Å². The van der Waals surface area contributed by atoms with E-state index in [-0.39, 0.29) is 17.8 Å². The summed E-state index contributed by atoms with van der Waals surface area (Å²) in [6, 6.07) is 0. The number of aliphatic hydroxyl groups excluding tert-OH is 1. The van der Waals surface area contributed by atoms with Crippen molar-refractivity contribution in [2.45, 2.75) is 44.1 Å². The van der Waals surface area contributed by atoms with E-state index in [1.54, 1.807) is 19.9 Å². The first-order valence-electron chi connectivity index (χ1n) is 5.22. The van der Waals surface area contributed by atoms with Crippen LogP contribution in [0.4, 0.5) is 0 Å². The van der Waals surface area contributed by atoms with Crippen LogP contribution in [-0.2, 0) is 19.0 Å². The van der Waals surface area contributed by atoms with E-state index in [0.717, 1.165) is 0 Å². The normalized spacial score (nSPS) is 41.4. The molecule has 16 heavy (non-hydrogen) atoms. The Labute approximate surface area is 94.0 Å². The molecule has 2 rings (SSSR count). The molecule has 1 saturated heterocycles. The Balaban J connectivity index is 2.30. The number of hydrogen-bond acceptors (Lipinski definition) is 5. The average Bonchev–Trinajstić information content (AvgIpc) is 2.55. The second kappa shape index (κ2) is 3.92. The maximum absolute atomic E-state index is 10.8. The molecular weight excluding hydrogens is 212 g/mol. The summed E-state index contributed by atoms with van der Waals surface area (Å²) in [5.74, 6) is -0.765. The molecule has 1 aliphatic carbocycles. The Hall–Kier alpha value is -0.750. The van der Waals surface area contributed by atoms with Gasteiger partial charge in [-0.25, -0.2) is 0 Å². The van der Waals surface area contributed by atoms with Gasteiger partial charge in [-0.2, -0.15) is 0 Å². The Morgan fingerprint density at radius 2 is 2.06 bits per heavy atom. The van der Waals surface area contributed by atoms with E-state index in [2.05, 4.69) is 0 Å². The highest BCUT2D eigenvalue weighted by Gasteiger charge is 2.51. The first-order chi connectivity index (χ1) is 7.48. The van der Waals surface area contributed by atoms with Gasteiger partial charge in [-0.15, -0.1) is 0 Å². The van der Waals surface area contributed by atoms with Crippen LogP contribution in [0.5, 0.6) is 0 Å². The van der Waals surface area contributed by atoms with Crippen LogP contribution in [0.2, 0.25) is 0 Å². The highest BCUT2D eigenvalue weighted by atomic mass is 16.8. The number of ether oxygens (including phenoxy) is 3. The summed E-state index contributed by atoms with van der Waals surface area (Å²) in [6.07, 6.45) is -0.0274. The fraction of sp³-hybridized carbons (Fsp3) is 0.727. The summed E-state index contributed by atoms with van der Waals surface area (Å²) in [6.45, 7) is 3.54. The molecule has 5 heteroatoms. The Bertz CT molecular complexity index is 314. The van der Waals surface area contributed by atoms with E-state index in [1.165, 1.54) is 7.11 Å². The van der Waals surface area contributed by atoms with Gasteiger partial charge in [0.25, 0.3) is 0 Å². The lowest BCUT2D eigenvalue weighted by Crippen LogP contribution is -2.47. The summed E-state index contributed by atoms with van der Waals surface area (Å²) in [4.78, 5) is 10.8. The third-order valence-electron chi connectivity index (χ3n) is 2.91. The molecule has 1 fully saturated rings. The molecule has 1 heterocycles. The minimum absolute atomic E-state index is 0.286. The summed E-state index contributed by atoms with van der Waals surface area (Å²) >= 11 is 0. The number of carbonyl (C=O) groups excluding carboxylic acids is 1. The van der Waals surface area contributed by atoms with Crippen molar-refractivity contribution in [3.63, 3.8) is 0 Å². The molecule has 0 aromatic rings. The largest absolute Gasteiger partial charge is 0.385 e. The van der Waals surface area contributed by atoms with Gasteiger partial charge in [-0.1, -0.05) is 0 Å². The lowest BCUT2D eigenvalue weighted by Gasteiger charge is -2.31. The molecule has 0 unspecified atom stereocenters. The van der Waals surface area contributed by atoms with E-state index >= 15 is 0 Å². The van der Waals surface area contributed by atoms with E-state index in [1.807, 2.05) is 0 Å². The van der Waals surface area contributed by atoms with Gasteiger partial charge in [0, 0.05) is 12.7 Å². The number of rotatable bonds is 2. The monoisotopic (exact) mass is 228 g/mol. The van der Waals surface area contributed by atoms with E-state index in [4.69, 9.17) is 14.2 Å². The van der Waals surface area contributed by atoms with Gasteiger partial charge < -0.3 is 19.3 Å². The minimum Gasteiger partial charge on any atom is -0.385 e. The van der Waals surface area contributed by atoms with Crippen molar-refractivity contribution < 1.29 is 24.1 Å². The predicted octanol–water partition coefficient (Wildman–Crippen LogP) is 0.0213. The van der Waals surface area contributed by atoms with Crippen LogP contribution in [0, 0.1) is 0 Å². The third kappa shape index (κ3) is 1.80. The first-order valence-corrected chi connectivity index (χ1v) is 5.22. The number of methoxy groups -OCH3 is 1. The van der Waals surface area contributed by atoms with Gasteiger partial charge in [0.1, 0.15) is 30.7 Å². The number of carbonyl (C=O) groups is 1. The lowest BCUT2D eigenvalue weighted by atomic mass is 9.90. The molecule has 1 N–H and O–H groups in total. The van der Waals surface area contributed by atoms with Crippen molar-refractivity contribution in [3.05, 3.63) is 11.6 Å². The summed E-state index contributed by atoms with van der Waals surface area (Å²) in [7, 11) is 1.53. The topological polar surface area (TPSA) is 65.0 Å². The van der Waals surface area contributed by atoms with Gasteiger partial charge in [0.05, 0.1) is 0 Å². The molecule has 4 atom stereocenters. The first kappa shape index (κ1) is 11.7. The zero-order chi connectivity index (χ0) is 11.9. The van der Waals surface area contributed by atoms with E-state index in [0.29, 0.717) is 6.29 Å². The fourth-order valence-electron chi connectivity index (χ4n) is 2.20. The van der Waals surface area contributed by atoms with Gasteiger partial charge in [0.15, 0.2) is 5.79 Å². The zero-order valence-electron chi connectivity index (χ0n) is 9.54. The molecular formula is C11H16O5. The quantitative estimate of drug-likeness (QED) is 0.675. The highest BCUT2D eigenvalue weighted by molar-refractivity contribution is 5.75. The molecule has 1 aliphatic heterocycles. The van der Waals surface area contributed by atoms with Gasteiger partial charge in [0.2, 0.25) is 0 Å². The summed E-state index contributed by atoms with van der Waals surface area (Å²) in [5.41, 5.74) is 0.286. The Morgan fingerprint density at radius 3 is 2.62 bits per heavy atom. The summed E-state index contributed by atoms with van der Waals surface area (Å²) < 4.78 is 16.5. The SMILES string of the molecule is CO[C@H]1C=C(C=O)[C@H](O)[C@@H]2OC(C)(C)O[C@@H]21. The van der Waals surface area contributed by atoms with Crippen LogP contribution in [0.3, 0.4) is 0 Å². The van der Waals surface area contributed by atoms with Crippen LogP contribution in [0.1, 0.15) is 13.8 Å². The van der Waals surface area contributed by atoms with E-state index < -0.39 is 18.0 Å². The molecule has 0 saturated carbocycles. The van der Waals surface area contributed by atoms with Crippen molar-refractivity contribution >= 4 is 6.29 Å². The van der Waals surface area contributed by atoms with Crippen LogP contribution in [0.25, 0.3) is 0 Å². The zero-order valence-corrected chi connectivity index (χ0v) is 9.54. The second-order valence-corrected chi connectivity index (χ2v) is 4.49.